The zero-order valence-electron chi connectivity index (χ0n) is 21.5. The fourth-order valence-corrected chi connectivity index (χ4v) is 6.23. The zero-order chi connectivity index (χ0) is 26.9. The first kappa shape index (κ1) is 26.1. The molecule has 3 aliphatic rings. The smallest absolute Gasteiger partial charge is 0.254 e. The maximum atomic E-state index is 14.1. The van der Waals surface area contributed by atoms with Crippen LogP contribution in [0.2, 0.25) is 5.02 Å². The van der Waals surface area contributed by atoms with E-state index in [0.717, 1.165) is 42.4 Å². The van der Waals surface area contributed by atoms with E-state index in [1.165, 1.54) is 0 Å². The fourth-order valence-electron chi connectivity index (χ4n) is 6.11. The average Bonchev–Trinajstić information content (AvgIpc) is 3.43. The van der Waals surface area contributed by atoms with E-state index < -0.39 is 18.2 Å². The summed E-state index contributed by atoms with van der Waals surface area (Å²) in [7, 11) is 0. The van der Waals surface area contributed by atoms with E-state index in [4.69, 9.17) is 31.6 Å². The number of fused-ring (bicyclic) bond motifs is 2. The van der Waals surface area contributed by atoms with Crippen molar-refractivity contribution in [2.45, 2.75) is 62.6 Å². The van der Waals surface area contributed by atoms with E-state index in [2.05, 4.69) is 5.48 Å². The summed E-state index contributed by atoms with van der Waals surface area (Å²) < 4.78 is 11.2. The number of hydroxylamine groups is 1. The molecule has 0 bridgehead atoms. The van der Waals surface area contributed by atoms with Gasteiger partial charge in [-0.3, -0.25) is 9.63 Å². The Bertz CT molecular complexity index is 1340. The van der Waals surface area contributed by atoms with Crippen LogP contribution < -0.4 is 20.7 Å². The lowest BCUT2D eigenvalue weighted by Crippen LogP contribution is -2.58. The first-order valence-electron chi connectivity index (χ1n) is 13.4. The van der Waals surface area contributed by atoms with Crippen molar-refractivity contribution in [3.63, 3.8) is 0 Å². The standard InChI is InChI=1S/C30H32ClN3O5/c31-20-12-9-18(10-13-20)16-39-33-29(35)27-21-5-1-2-6-22(21)30(36)34(24-8-4-3-7-23(24)32)28(27)19-11-14-25-26(15-19)38-17-37-25/h1-2,5-6,9-15,23-24,27-29,33,35H,3-4,7-8,16-17,32H2. The van der Waals surface area contributed by atoms with Crippen LogP contribution in [-0.2, 0) is 11.4 Å². The molecule has 3 aromatic rings. The first-order chi connectivity index (χ1) is 19.0. The zero-order valence-corrected chi connectivity index (χ0v) is 22.2. The van der Waals surface area contributed by atoms with Crippen molar-refractivity contribution in [1.82, 2.24) is 10.4 Å². The van der Waals surface area contributed by atoms with Gasteiger partial charge in [0.05, 0.1) is 18.6 Å². The molecule has 2 heterocycles. The van der Waals surface area contributed by atoms with Gasteiger partial charge in [0.25, 0.3) is 5.91 Å². The second-order valence-corrected chi connectivity index (χ2v) is 10.8. The van der Waals surface area contributed by atoms with Crippen LogP contribution in [0.4, 0.5) is 0 Å². The van der Waals surface area contributed by atoms with Crippen molar-refractivity contribution >= 4 is 17.5 Å². The number of amides is 1. The topological polar surface area (TPSA) is 106 Å². The summed E-state index contributed by atoms with van der Waals surface area (Å²) in [6.45, 7) is 0.377. The molecule has 6 rings (SSSR count). The molecular formula is C30H32ClN3O5. The molecule has 39 heavy (non-hydrogen) atoms. The summed E-state index contributed by atoms with van der Waals surface area (Å²) in [6.07, 6.45) is 2.55. The lowest BCUT2D eigenvalue weighted by molar-refractivity contribution is -0.0896. The number of benzene rings is 3. The highest BCUT2D eigenvalue weighted by Gasteiger charge is 2.48. The summed E-state index contributed by atoms with van der Waals surface area (Å²) in [5.41, 5.74) is 12.6. The normalized spacial score (nSPS) is 24.9. The third kappa shape index (κ3) is 5.11. The maximum absolute atomic E-state index is 14.1. The van der Waals surface area contributed by atoms with Gasteiger partial charge in [-0.2, -0.15) is 5.48 Å². The Labute approximate surface area is 232 Å². The minimum atomic E-state index is -1.13. The molecule has 0 aromatic heterocycles. The number of nitrogens with one attached hydrogen (secondary N) is 1. The predicted molar refractivity (Wildman–Crippen MR) is 146 cm³/mol. The molecule has 5 atom stereocenters. The Balaban J connectivity index is 1.39. The van der Waals surface area contributed by atoms with Crippen molar-refractivity contribution in [1.29, 1.82) is 0 Å². The van der Waals surface area contributed by atoms with E-state index >= 15 is 0 Å². The minimum Gasteiger partial charge on any atom is -0.454 e. The lowest BCUT2D eigenvalue weighted by atomic mass is 9.76. The minimum absolute atomic E-state index is 0.0823. The highest BCUT2D eigenvalue weighted by molar-refractivity contribution is 6.30. The molecule has 5 unspecified atom stereocenters. The Hall–Kier alpha value is -3.14. The van der Waals surface area contributed by atoms with Crippen molar-refractivity contribution in [3.8, 4) is 11.5 Å². The van der Waals surface area contributed by atoms with Gasteiger partial charge in [0.2, 0.25) is 6.79 Å². The Morgan fingerprint density at radius 3 is 2.64 bits per heavy atom. The number of ether oxygens (including phenoxy) is 2. The van der Waals surface area contributed by atoms with Gasteiger partial charge in [0, 0.05) is 22.7 Å². The van der Waals surface area contributed by atoms with E-state index in [9.17, 15) is 9.90 Å². The summed E-state index contributed by atoms with van der Waals surface area (Å²) in [5, 5.41) is 12.3. The van der Waals surface area contributed by atoms with Crippen LogP contribution in [0.25, 0.3) is 0 Å². The lowest BCUT2D eigenvalue weighted by Gasteiger charge is -2.49. The van der Waals surface area contributed by atoms with Gasteiger partial charge in [-0.05, 0) is 59.9 Å². The maximum Gasteiger partial charge on any atom is 0.254 e. The molecule has 9 heteroatoms. The van der Waals surface area contributed by atoms with Gasteiger partial charge in [-0.15, -0.1) is 0 Å². The third-order valence-corrected chi connectivity index (χ3v) is 8.25. The average molecular weight is 550 g/mol. The highest BCUT2D eigenvalue weighted by Crippen LogP contribution is 2.48. The summed E-state index contributed by atoms with van der Waals surface area (Å²) in [6, 6.07) is 19.6. The summed E-state index contributed by atoms with van der Waals surface area (Å²) >= 11 is 6.00. The number of aliphatic hydroxyl groups is 1. The highest BCUT2D eigenvalue weighted by atomic mass is 35.5. The number of hydrogen-bond acceptors (Lipinski definition) is 7. The Morgan fingerprint density at radius 2 is 1.82 bits per heavy atom. The van der Waals surface area contributed by atoms with Gasteiger partial charge in [-0.25, -0.2) is 0 Å². The largest absolute Gasteiger partial charge is 0.454 e. The molecule has 1 fully saturated rings. The van der Waals surface area contributed by atoms with E-state index in [1.807, 2.05) is 59.5 Å². The second kappa shape index (κ2) is 11.2. The van der Waals surface area contributed by atoms with Crippen LogP contribution in [0, 0.1) is 0 Å². The predicted octanol–water partition coefficient (Wildman–Crippen LogP) is 4.66. The molecule has 4 N–H and O–H groups in total. The van der Waals surface area contributed by atoms with Crippen molar-refractivity contribution < 1.29 is 24.2 Å². The van der Waals surface area contributed by atoms with E-state index in [-0.39, 0.29) is 31.4 Å². The van der Waals surface area contributed by atoms with Crippen LogP contribution in [-0.4, -0.2) is 41.0 Å². The second-order valence-electron chi connectivity index (χ2n) is 10.4. The molecule has 1 saturated carbocycles. The number of halogens is 1. The molecule has 1 amide bonds. The van der Waals surface area contributed by atoms with Gasteiger partial charge in [0.1, 0.15) is 6.23 Å². The molecule has 8 nitrogen and oxygen atoms in total. The number of carbonyl (C=O) groups is 1. The SMILES string of the molecule is NC1CCCCC1N1C(=O)c2ccccc2C(C(O)NOCc2ccc(Cl)cc2)C1c1ccc2c(c1)OCO2. The van der Waals surface area contributed by atoms with Crippen LogP contribution in [0.1, 0.15) is 64.7 Å². The molecule has 0 saturated heterocycles. The number of nitrogens with zero attached hydrogens (tertiary/aromatic N) is 1. The molecule has 204 valence electrons. The number of hydrogen-bond donors (Lipinski definition) is 3. The molecule has 3 aromatic carbocycles. The monoisotopic (exact) mass is 549 g/mol. The van der Waals surface area contributed by atoms with E-state index in [1.54, 1.807) is 12.1 Å². The van der Waals surface area contributed by atoms with Crippen molar-refractivity contribution in [2.75, 3.05) is 6.79 Å². The fraction of sp³-hybridized carbons (Fsp3) is 0.367. The Kier molecular flexibility index (Phi) is 7.47. The summed E-state index contributed by atoms with van der Waals surface area (Å²) in [4.78, 5) is 21.8. The van der Waals surface area contributed by atoms with E-state index in [0.29, 0.717) is 22.1 Å². The van der Waals surface area contributed by atoms with Crippen LogP contribution in [0.3, 0.4) is 0 Å². The van der Waals surface area contributed by atoms with Crippen LogP contribution in [0.5, 0.6) is 11.5 Å². The van der Waals surface area contributed by atoms with Crippen molar-refractivity contribution in [2.24, 2.45) is 5.73 Å². The quantitative estimate of drug-likeness (QED) is 0.291. The molecule has 2 aliphatic heterocycles. The number of nitrogens with two attached hydrogens (primary N) is 1. The van der Waals surface area contributed by atoms with Gasteiger partial charge in [0.15, 0.2) is 11.5 Å². The number of aliphatic hydroxyl groups excluding tert-OH is 1. The van der Waals surface area contributed by atoms with Crippen LogP contribution >= 0.6 is 11.6 Å². The van der Waals surface area contributed by atoms with Gasteiger partial charge < -0.3 is 25.2 Å². The molecule has 0 spiro atoms. The number of rotatable bonds is 7. The van der Waals surface area contributed by atoms with Gasteiger partial charge >= 0.3 is 0 Å². The summed E-state index contributed by atoms with van der Waals surface area (Å²) in [5.74, 6) is 0.648. The third-order valence-electron chi connectivity index (χ3n) is 8.00. The van der Waals surface area contributed by atoms with Crippen molar-refractivity contribution in [3.05, 3.63) is 94.0 Å². The molecule has 1 aliphatic carbocycles. The van der Waals surface area contributed by atoms with Gasteiger partial charge in [-0.1, -0.05) is 60.8 Å². The molecule has 0 radical (unpaired) electrons. The number of carbonyl (C=O) groups excluding carboxylic acids is 1. The molecular weight excluding hydrogens is 518 g/mol. The van der Waals surface area contributed by atoms with Crippen LogP contribution in [0.15, 0.2) is 66.7 Å². The Morgan fingerprint density at radius 1 is 1.05 bits per heavy atom. The first-order valence-corrected chi connectivity index (χ1v) is 13.8.